The van der Waals surface area contributed by atoms with Crippen LogP contribution in [-0.2, 0) is 15.3 Å². The topological polar surface area (TPSA) is 21.7 Å². The predicted octanol–water partition coefficient (Wildman–Crippen LogP) is 3.78. The first-order valence-electron chi connectivity index (χ1n) is 8.18. The molecule has 1 aromatic rings. The molecule has 0 saturated carbocycles. The van der Waals surface area contributed by atoms with E-state index in [4.69, 9.17) is 9.47 Å². The van der Waals surface area contributed by atoms with Gasteiger partial charge in [-0.15, -0.1) is 0 Å². The van der Waals surface area contributed by atoms with Gasteiger partial charge in [-0.3, -0.25) is 0 Å². The van der Waals surface area contributed by atoms with E-state index < -0.39 is 5.79 Å². The van der Waals surface area contributed by atoms with Gasteiger partial charge in [0.25, 0.3) is 0 Å². The van der Waals surface area contributed by atoms with Crippen LogP contribution in [-0.4, -0.2) is 38.8 Å². The summed E-state index contributed by atoms with van der Waals surface area (Å²) in [7, 11) is 3.30. The standard InChI is InChI=1S/C18H28FNO2/c1-15-9-13-20(14-10-15)12-4-11-18(21-2,22-3)16-5-7-17(19)8-6-16/h5-8,15H,4,9-14H2,1-3H3. The predicted molar refractivity (Wildman–Crippen MR) is 86.2 cm³/mol. The van der Waals surface area contributed by atoms with Crippen molar-refractivity contribution in [3.05, 3.63) is 35.6 Å². The van der Waals surface area contributed by atoms with Gasteiger partial charge in [0.05, 0.1) is 0 Å². The van der Waals surface area contributed by atoms with Crippen LogP contribution in [0.4, 0.5) is 4.39 Å². The molecule has 2 rings (SSSR count). The van der Waals surface area contributed by atoms with Gasteiger partial charge in [0.1, 0.15) is 5.82 Å². The second-order valence-electron chi connectivity index (χ2n) is 6.30. The first-order chi connectivity index (χ1) is 10.6. The minimum Gasteiger partial charge on any atom is -0.349 e. The van der Waals surface area contributed by atoms with Crippen LogP contribution in [0.1, 0.15) is 38.2 Å². The van der Waals surface area contributed by atoms with E-state index in [2.05, 4.69) is 11.8 Å². The number of halogens is 1. The lowest BCUT2D eigenvalue weighted by atomic mass is 9.97. The van der Waals surface area contributed by atoms with Crippen molar-refractivity contribution in [1.29, 1.82) is 0 Å². The molecule has 124 valence electrons. The van der Waals surface area contributed by atoms with Crippen molar-refractivity contribution >= 4 is 0 Å². The van der Waals surface area contributed by atoms with E-state index >= 15 is 0 Å². The largest absolute Gasteiger partial charge is 0.349 e. The van der Waals surface area contributed by atoms with E-state index in [9.17, 15) is 4.39 Å². The third kappa shape index (κ3) is 4.28. The first kappa shape index (κ1) is 17.4. The normalized spacial score (nSPS) is 17.8. The summed E-state index contributed by atoms with van der Waals surface area (Å²) in [6, 6.07) is 6.39. The highest BCUT2D eigenvalue weighted by molar-refractivity contribution is 5.21. The van der Waals surface area contributed by atoms with Gasteiger partial charge in [-0.05, 0) is 56.9 Å². The molecule has 0 spiro atoms. The second-order valence-corrected chi connectivity index (χ2v) is 6.30. The van der Waals surface area contributed by atoms with E-state index in [1.54, 1.807) is 26.4 Å². The van der Waals surface area contributed by atoms with Gasteiger partial charge in [-0.25, -0.2) is 4.39 Å². The van der Waals surface area contributed by atoms with Gasteiger partial charge in [-0.2, -0.15) is 0 Å². The Morgan fingerprint density at radius 3 is 2.27 bits per heavy atom. The number of benzene rings is 1. The Balaban J connectivity index is 1.92. The Morgan fingerprint density at radius 2 is 1.73 bits per heavy atom. The van der Waals surface area contributed by atoms with Gasteiger partial charge in [0.2, 0.25) is 0 Å². The van der Waals surface area contributed by atoms with E-state index in [0.717, 1.165) is 30.9 Å². The molecule has 0 aromatic heterocycles. The maximum absolute atomic E-state index is 13.1. The number of hydrogen-bond donors (Lipinski definition) is 0. The summed E-state index contributed by atoms with van der Waals surface area (Å²) < 4.78 is 24.4. The molecule has 1 aromatic carbocycles. The SMILES string of the molecule is COC(CCCN1CCC(C)CC1)(OC)c1ccc(F)cc1. The molecule has 0 amide bonds. The molecule has 1 aliphatic rings. The number of hydrogen-bond acceptors (Lipinski definition) is 3. The maximum atomic E-state index is 13.1. The summed E-state index contributed by atoms with van der Waals surface area (Å²) in [4.78, 5) is 2.51. The second kappa shape index (κ2) is 8.04. The lowest BCUT2D eigenvalue weighted by Crippen LogP contribution is -2.36. The molecule has 1 aliphatic heterocycles. The zero-order valence-corrected chi connectivity index (χ0v) is 14.0. The van der Waals surface area contributed by atoms with Crippen molar-refractivity contribution < 1.29 is 13.9 Å². The minimum atomic E-state index is -0.781. The highest BCUT2D eigenvalue weighted by atomic mass is 19.1. The molecule has 0 bridgehead atoms. The first-order valence-corrected chi connectivity index (χ1v) is 8.18. The van der Waals surface area contributed by atoms with E-state index in [-0.39, 0.29) is 5.82 Å². The Labute approximate surface area is 133 Å². The van der Waals surface area contributed by atoms with E-state index in [1.165, 1.54) is 38.1 Å². The zero-order valence-electron chi connectivity index (χ0n) is 14.0. The summed E-state index contributed by atoms with van der Waals surface area (Å²) in [6.07, 6.45) is 4.33. The van der Waals surface area contributed by atoms with Gasteiger partial charge < -0.3 is 14.4 Å². The van der Waals surface area contributed by atoms with Crippen LogP contribution in [0.3, 0.4) is 0 Å². The fourth-order valence-electron chi connectivity index (χ4n) is 3.19. The highest BCUT2D eigenvalue weighted by Gasteiger charge is 2.32. The number of likely N-dealkylation sites (tertiary alicyclic amines) is 1. The van der Waals surface area contributed by atoms with Crippen molar-refractivity contribution in [2.24, 2.45) is 5.92 Å². The molecule has 0 unspecified atom stereocenters. The number of methoxy groups -OCH3 is 2. The fraction of sp³-hybridized carbons (Fsp3) is 0.667. The zero-order chi connectivity index (χ0) is 16.0. The van der Waals surface area contributed by atoms with E-state index in [1.807, 2.05) is 0 Å². The van der Waals surface area contributed by atoms with Gasteiger partial charge >= 0.3 is 0 Å². The van der Waals surface area contributed by atoms with Crippen LogP contribution in [0.15, 0.2) is 24.3 Å². The maximum Gasteiger partial charge on any atom is 0.194 e. The van der Waals surface area contributed by atoms with Crippen molar-refractivity contribution in [3.63, 3.8) is 0 Å². The van der Waals surface area contributed by atoms with Crippen LogP contribution in [0.5, 0.6) is 0 Å². The average molecular weight is 309 g/mol. The Hall–Kier alpha value is -0.970. The third-order valence-electron chi connectivity index (χ3n) is 4.80. The molecular weight excluding hydrogens is 281 g/mol. The Morgan fingerprint density at radius 1 is 1.14 bits per heavy atom. The van der Waals surface area contributed by atoms with Crippen molar-refractivity contribution in [2.75, 3.05) is 33.9 Å². The summed E-state index contributed by atoms with van der Waals surface area (Å²) in [5.74, 6) is -0.170. The van der Waals surface area contributed by atoms with Crippen LogP contribution < -0.4 is 0 Å². The van der Waals surface area contributed by atoms with Gasteiger partial charge in [-0.1, -0.05) is 19.1 Å². The quantitative estimate of drug-likeness (QED) is 0.715. The molecule has 22 heavy (non-hydrogen) atoms. The average Bonchev–Trinajstić information content (AvgIpc) is 2.55. The van der Waals surface area contributed by atoms with Crippen LogP contribution in [0.25, 0.3) is 0 Å². The lowest BCUT2D eigenvalue weighted by molar-refractivity contribution is -0.221. The number of ether oxygens (including phenoxy) is 2. The minimum absolute atomic E-state index is 0.243. The van der Waals surface area contributed by atoms with E-state index in [0.29, 0.717) is 0 Å². The van der Waals surface area contributed by atoms with Crippen LogP contribution in [0.2, 0.25) is 0 Å². The van der Waals surface area contributed by atoms with Crippen LogP contribution in [0, 0.1) is 11.7 Å². The molecule has 0 radical (unpaired) electrons. The molecule has 1 heterocycles. The summed E-state index contributed by atoms with van der Waals surface area (Å²) in [5.41, 5.74) is 0.867. The van der Waals surface area contributed by atoms with Gasteiger partial charge in [0, 0.05) is 26.2 Å². The highest BCUT2D eigenvalue weighted by Crippen LogP contribution is 2.31. The molecule has 0 atom stereocenters. The number of nitrogens with zero attached hydrogens (tertiary/aromatic N) is 1. The smallest absolute Gasteiger partial charge is 0.194 e. The Kier molecular flexibility index (Phi) is 6.36. The molecule has 0 aliphatic carbocycles. The summed E-state index contributed by atoms with van der Waals surface area (Å²) in [6.45, 7) is 5.75. The fourth-order valence-corrected chi connectivity index (χ4v) is 3.19. The Bertz CT molecular complexity index is 437. The van der Waals surface area contributed by atoms with Crippen LogP contribution >= 0.6 is 0 Å². The third-order valence-corrected chi connectivity index (χ3v) is 4.80. The summed E-state index contributed by atoms with van der Waals surface area (Å²) in [5, 5.41) is 0. The number of rotatable bonds is 7. The molecule has 1 fully saturated rings. The van der Waals surface area contributed by atoms with Crippen molar-refractivity contribution in [3.8, 4) is 0 Å². The lowest BCUT2D eigenvalue weighted by Gasteiger charge is -2.34. The van der Waals surface area contributed by atoms with Crippen molar-refractivity contribution in [1.82, 2.24) is 4.90 Å². The van der Waals surface area contributed by atoms with Gasteiger partial charge in [0.15, 0.2) is 5.79 Å². The molecule has 1 saturated heterocycles. The molecule has 3 nitrogen and oxygen atoms in total. The molecular formula is C18H28FNO2. The van der Waals surface area contributed by atoms with Crippen molar-refractivity contribution in [2.45, 2.75) is 38.4 Å². The number of piperidine rings is 1. The summed E-state index contributed by atoms with van der Waals surface area (Å²) >= 11 is 0. The molecule has 0 N–H and O–H groups in total. The monoisotopic (exact) mass is 309 g/mol. The molecule has 4 heteroatoms.